The van der Waals surface area contributed by atoms with E-state index in [1.54, 1.807) is 12.1 Å². The van der Waals surface area contributed by atoms with Crippen LogP contribution in [-0.4, -0.2) is 16.1 Å². The first kappa shape index (κ1) is 15.9. The van der Waals surface area contributed by atoms with Crippen molar-refractivity contribution in [1.29, 1.82) is 0 Å². The summed E-state index contributed by atoms with van der Waals surface area (Å²) < 4.78 is 0. The van der Waals surface area contributed by atoms with E-state index in [1.807, 2.05) is 26.0 Å². The molecule has 0 radical (unpaired) electrons. The number of carboxylic acids is 1. The van der Waals surface area contributed by atoms with Gasteiger partial charge in [-0.1, -0.05) is 47.0 Å². The lowest BCUT2D eigenvalue weighted by Crippen LogP contribution is -2.01. The highest BCUT2D eigenvalue weighted by molar-refractivity contribution is 6.39. The summed E-state index contributed by atoms with van der Waals surface area (Å²) >= 11 is 12.4. The van der Waals surface area contributed by atoms with Crippen LogP contribution in [0.3, 0.4) is 0 Å². The third kappa shape index (κ3) is 2.94. The van der Waals surface area contributed by atoms with Crippen LogP contribution in [0.2, 0.25) is 10.0 Å². The molecule has 2 N–H and O–H groups in total. The summed E-state index contributed by atoms with van der Waals surface area (Å²) in [6, 6.07) is 9.47. The Morgan fingerprint density at radius 2 is 1.91 bits per heavy atom. The maximum absolute atomic E-state index is 11.3. The molecule has 3 rings (SSSR count). The lowest BCUT2D eigenvalue weighted by atomic mass is 9.98. The van der Waals surface area contributed by atoms with E-state index in [1.165, 1.54) is 0 Å². The first-order valence-corrected chi connectivity index (χ1v) is 7.91. The zero-order valence-electron chi connectivity index (χ0n) is 12.7. The quantitative estimate of drug-likeness (QED) is 0.667. The second kappa shape index (κ2) is 5.91. The Labute approximate surface area is 143 Å². The minimum atomic E-state index is -0.900. The molecule has 23 heavy (non-hydrogen) atoms. The number of rotatable bonds is 3. The highest BCUT2D eigenvalue weighted by atomic mass is 35.5. The van der Waals surface area contributed by atoms with Gasteiger partial charge in [-0.15, -0.1) is 0 Å². The van der Waals surface area contributed by atoms with Crippen molar-refractivity contribution in [3.8, 4) is 11.3 Å². The van der Waals surface area contributed by atoms with Gasteiger partial charge in [-0.3, -0.25) is 4.79 Å². The molecule has 0 bridgehead atoms. The van der Waals surface area contributed by atoms with Crippen molar-refractivity contribution in [2.45, 2.75) is 20.3 Å². The molecule has 1 heterocycles. The van der Waals surface area contributed by atoms with Crippen molar-refractivity contribution >= 4 is 40.1 Å². The Bertz CT molecular complexity index is 928. The fourth-order valence-electron chi connectivity index (χ4n) is 2.97. The number of fused-ring (bicyclic) bond motifs is 1. The number of hydrogen-bond donors (Lipinski definition) is 2. The summed E-state index contributed by atoms with van der Waals surface area (Å²) in [7, 11) is 0. The maximum Gasteiger partial charge on any atom is 0.307 e. The highest BCUT2D eigenvalue weighted by Gasteiger charge is 2.19. The summed E-state index contributed by atoms with van der Waals surface area (Å²) in [6.45, 7) is 4.03. The van der Waals surface area contributed by atoms with Crippen molar-refractivity contribution in [1.82, 2.24) is 4.98 Å². The largest absolute Gasteiger partial charge is 0.481 e. The van der Waals surface area contributed by atoms with E-state index in [4.69, 9.17) is 23.2 Å². The number of carboxylic acid groups (broad SMARTS) is 1. The molecular weight excluding hydrogens is 333 g/mol. The van der Waals surface area contributed by atoms with Crippen LogP contribution in [-0.2, 0) is 11.2 Å². The lowest BCUT2D eigenvalue weighted by molar-refractivity contribution is -0.136. The second-order valence-corrected chi connectivity index (χ2v) is 6.52. The number of benzene rings is 2. The molecule has 3 aromatic rings. The van der Waals surface area contributed by atoms with Gasteiger partial charge in [-0.05, 0) is 37.1 Å². The third-order valence-electron chi connectivity index (χ3n) is 3.90. The summed E-state index contributed by atoms with van der Waals surface area (Å²) in [5, 5.41) is 11.0. The van der Waals surface area contributed by atoms with Crippen LogP contribution in [0.5, 0.6) is 0 Å². The van der Waals surface area contributed by atoms with Crippen LogP contribution >= 0.6 is 23.2 Å². The van der Waals surface area contributed by atoms with E-state index < -0.39 is 5.97 Å². The molecule has 0 spiro atoms. The van der Waals surface area contributed by atoms with Gasteiger partial charge in [0.1, 0.15) is 0 Å². The predicted octanol–water partition coefficient (Wildman–Crippen LogP) is 5.39. The van der Waals surface area contributed by atoms with E-state index in [-0.39, 0.29) is 6.42 Å². The van der Waals surface area contributed by atoms with E-state index >= 15 is 0 Å². The number of H-pyrrole nitrogens is 1. The van der Waals surface area contributed by atoms with Gasteiger partial charge in [0.05, 0.1) is 17.1 Å². The fraction of sp³-hybridized carbons (Fsp3) is 0.167. The van der Waals surface area contributed by atoms with Crippen LogP contribution < -0.4 is 0 Å². The molecule has 0 atom stereocenters. The molecule has 0 saturated carbocycles. The average molecular weight is 348 g/mol. The normalized spacial score (nSPS) is 11.1. The molecule has 5 heteroatoms. The Kier molecular flexibility index (Phi) is 4.09. The zero-order chi connectivity index (χ0) is 16.7. The molecule has 0 aliphatic heterocycles. The molecular formula is C18H15Cl2NO2. The molecule has 2 aromatic carbocycles. The Morgan fingerprint density at radius 3 is 2.57 bits per heavy atom. The van der Waals surface area contributed by atoms with Crippen molar-refractivity contribution in [2.24, 2.45) is 0 Å². The van der Waals surface area contributed by atoms with Gasteiger partial charge in [0, 0.05) is 21.5 Å². The van der Waals surface area contributed by atoms with E-state index in [0.29, 0.717) is 21.0 Å². The van der Waals surface area contributed by atoms with E-state index in [9.17, 15) is 9.90 Å². The first-order valence-electron chi connectivity index (χ1n) is 7.16. The number of nitrogens with one attached hydrogen (secondary N) is 1. The van der Waals surface area contributed by atoms with Crippen LogP contribution in [0, 0.1) is 13.8 Å². The smallest absolute Gasteiger partial charge is 0.307 e. The van der Waals surface area contributed by atoms with E-state index in [0.717, 1.165) is 27.9 Å². The Balaban J connectivity index is 2.35. The Morgan fingerprint density at radius 1 is 1.17 bits per heavy atom. The van der Waals surface area contributed by atoms with Gasteiger partial charge in [-0.2, -0.15) is 0 Å². The minimum absolute atomic E-state index is 0.107. The van der Waals surface area contributed by atoms with E-state index in [2.05, 4.69) is 11.1 Å². The van der Waals surface area contributed by atoms with Gasteiger partial charge >= 0.3 is 5.97 Å². The monoisotopic (exact) mass is 347 g/mol. The minimum Gasteiger partial charge on any atom is -0.481 e. The molecule has 0 fully saturated rings. The average Bonchev–Trinajstić information content (AvgIpc) is 2.76. The van der Waals surface area contributed by atoms with Gasteiger partial charge in [0.15, 0.2) is 0 Å². The Hall–Kier alpha value is -1.97. The molecule has 0 saturated heterocycles. The van der Waals surface area contributed by atoms with Crippen LogP contribution in [0.4, 0.5) is 0 Å². The van der Waals surface area contributed by atoms with Crippen LogP contribution in [0.15, 0.2) is 30.3 Å². The van der Waals surface area contributed by atoms with Crippen LogP contribution in [0.25, 0.3) is 22.2 Å². The van der Waals surface area contributed by atoms with Gasteiger partial charge in [0.2, 0.25) is 0 Å². The highest BCUT2D eigenvalue weighted by Crippen LogP contribution is 2.38. The predicted molar refractivity (Wildman–Crippen MR) is 94.6 cm³/mol. The number of halogens is 2. The number of aryl methyl sites for hydroxylation is 2. The number of aromatic amines is 1. The standard InChI is InChI=1S/C18H15Cl2NO2/c1-9-3-4-12(10(2)5-9)18-13(8-16(22)23)17-14(20)6-11(19)7-15(17)21-18/h3-7,21H,8H2,1-2H3,(H,22,23). The third-order valence-corrected chi connectivity index (χ3v) is 4.41. The molecule has 0 aliphatic carbocycles. The van der Waals surface area contributed by atoms with Crippen molar-refractivity contribution in [3.63, 3.8) is 0 Å². The van der Waals surface area contributed by atoms with Crippen molar-refractivity contribution in [3.05, 3.63) is 57.1 Å². The fourth-order valence-corrected chi connectivity index (χ4v) is 3.57. The maximum atomic E-state index is 11.3. The zero-order valence-corrected chi connectivity index (χ0v) is 14.2. The molecule has 1 aromatic heterocycles. The molecule has 0 unspecified atom stereocenters. The molecule has 118 valence electrons. The number of hydrogen-bond acceptors (Lipinski definition) is 1. The van der Waals surface area contributed by atoms with Crippen LogP contribution in [0.1, 0.15) is 16.7 Å². The van der Waals surface area contributed by atoms with Crippen molar-refractivity contribution < 1.29 is 9.90 Å². The van der Waals surface area contributed by atoms with Gasteiger partial charge in [-0.25, -0.2) is 0 Å². The van der Waals surface area contributed by atoms with Gasteiger partial charge < -0.3 is 10.1 Å². The lowest BCUT2D eigenvalue weighted by Gasteiger charge is -2.08. The SMILES string of the molecule is Cc1ccc(-c2[nH]c3cc(Cl)cc(Cl)c3c2CC(=O)O)c(C)c1. The summed E-state index contributed by atoms with van der Waals surface area (Å²) in [5.74, 6) is -0.900. The van der Waals surface area contributed by atoms with Gasteiger partial charge in [0.25, 0.3) is 0 Å². The number of aliphatic carboxylic acids is 1. The first-order chi connectivity index (χ1) is 10.9. The summed E-state index contributed by atoms with van der Waals surface area (Å²) in [5.41, 5.74) is 5.41. The molecule has 3 nitrogen and oxygen atoms in total. The van der Waals surface area contributed by atoms with Crippen molar-refractivity contribution in [2.75, 3.05) is 0 Å². The molecule has 0 aliphatic rings. The summed E-state index contributed by atoms with van der Waals surface area (Å²) in [4.78, 5) is 14.6. The topological polar surface area (TPSA) is 53.1 Å². The molecule has 0 amide bonds. The number of aromatic nitrogens is 1. The second-order valence-electron chi connectivity index (χ2n) is 5.68. The summed E-state index contributed by atoms with van der Waals surface area (Å²) in [6.07, 6.45) is -0.107. The number of carbonyl (C=O) groups is 1.